The van der Waals surface area contributed by atoms with Crippen molar-refractivity contribution < 1.29 is 19.1 Å². The molecule has 1 unspecified atom stereocenters. The number of hydrogen-bond donors (Lipinski definition) is 2. The molecule has 6 heteroatoms. The van der Waals surface area contributed by atoms with Crippen molar-refractivity contribution in [2.45, 2.75) is 25.4 Å². The standard InChI is InChI=1S/C14H18N2O4/c1-19-11-6-5-9(8-10(11)15)14(18)20-12-4-2-3-7-16-13(12)17/h5-6,8,12H,2-4,7,15H2,1H3,(H,16,17). The highest BCUT2D eigenvalue weighted by Gasteiger charge is 2.25. The predicted molar refractivity (Wildman–Crippen MR) is 73.5 cm³/mol. The maximum absolute atomic E-state index is 12.0. The Kier molecular flexibility index (Phi) is 4.45. The average molecular weight is 278 g/mol. The number of nitrogens with two attached hydrogens (primary N) is 1. The van der Waals surface area contributed by atoms with E-state index in [0.717, 1.165) is 12.8 Å². The molecular formula is C14H18N2O4. The summed E-state index contributed by atoms with van der Waals surface area (Å²) in [6.07, 6.45) is 1.56. The molecule has 3 N–H and O–H groups in total. The number of carbonyl (C=O) groups excluding carboxylic acids is 2. The largest absolute Gasteiger partial charge is 0.495 e. The number of benzene rings is 1. The highest BCUT2D eigenvalue weighted by Crippen LogP contribution is 2.23. The van der Waals surface area contributed by atoms with E-state index in [-0.39, 0.29) is 5.91 Å². The Morgan fingerprint density at radius 3 is 2.90 bits per heavy atom. The first-order chi connectivity index (χ1) is 9.61. The maximum atomic E-state index is 12.0. The van der Waals surface area contributed by atoms with E-state index in [1.807, 2.05) is 0 Å². The molecule has 0 spiro atoms. The van der Waals surface area contributed by atoms with Crippen molar-refractivity contribution in [3.8, 4) is 5.75 Å². The van der Waals surface area contributed by atoms with Crippen LogP contribution in [0.1, 0.15) is 29.6 Å². The zero-order valence-corrected chi connectivity index (χ0v) is 11.3. The summed E-state index contributed by atoms with van der Waals surface area (Å²) >= 11 is 0. The molecule has 1 heterocycles. The molecule has 6 nitrogen and oxygen atoms in total. The number of ether oxygens (including phenoxy) is 2. The molecule has 0 aliphatic carbocycles. The molecule has 1 atom stereocenters. The molecule has 108 valence electrons. The van der Waals surface area contributed by atoms with Gasteiger partial charge >= 0.3 is 5.97 Å². The summed E-state index contributed by atoms with van der Waals surface area (Å²) < 4.78 is 10.3. The van der Waals surface area contributed by atoms with Crippen LogP contribution in [-0.2, 0) is 9.53 Å². The summed E-state index contributed by atoms with van der Waals surface area (Å²) in [5.41, 5.74) is 6.40. The van der Waals surface area contributed by atoms with Gasteiger partial charge in [0.15, 0.2) is 6.10 Å². The second-order valence-corrected chi connectivity index (χ2v) is 4.64. The van der Waals surface area contributed by atoms with Crippen molar-refractivity contribution in [2.24, 2.45) is 0 Å². The van der Waals surface area contributed by atoms with Gasteiger partial charge in [-0.05, 0) is 37.5 Å². The van der Waals surface area contributed by atoms with Crippen LogP contribution in [-0.4, -0.2) is 31.6 Å². The lowest BCUT2D eigenvalue weighted by atomic mass is 10.1. The van der Waals surface area contributed by atoms with Crippen molar-refractivity contribution in [2.75, 3.05) is 19.4 Å². The number of anilines is 1. The number of nitrogens with one attached hydrogen (secondary N) is 1. The third-order valence-electron chi connectivity index (χ3n) is 3.20. The fourth-order valence-electron chi connectivity index (χ4n) is 2.08. The molecule has 1 aliphatic heterocycles. The van der Waals surface area contributed by atoms with E-state index in [2.05, 4.69) is 5.32 Å². The number of carbonyl (C=O) groups is 2. The van der Waals surface area contributed by atoms with Gasteiger partial charge < -0.3 is 20.5 Å². The molecule has 2 rings (SSSR count). The van der Waals surface area contributed by atoms with Gasteiger partial charge in [-0.1, -0.05) is 0 Å². The first-order valence-corrected chi connectivity index (χ1v) is 6.54. The minimum atomic E-state index is -0.728. The Morgan fingerprint density at radius 2 is 2.20 bits per heavy atom. The number of esters is 1. The fraction of sp³-hybridized carbons (Fsp3) is 0.429. The van der Waals surface area contributed by atoms with E-state index < -0.39 is 12.1 Å². The minimum absolute atomic E-state index is 0.239. The predicted octanol–water partition coefficient (Wildman–Crippen LogP) is 1.10. The van der Waals surface area contributed by atoms with Crippen LogP contribution in [0.2, 0.25) is 0 Å². The fourth-order valence-corrected chi connectivity index (χ4v) is 2.08. The van der Waals surface area contributed by atoms with Crippen molar-refractivity contribution in [1.29, 1.82) is 0 Å². The van der Waals surface area contributed by atoms with E-state index in [1.54, 1.807) is 12.1 Å². The minimum Gasteiger partial charge on any atom is -0.495 e. The molecule has 1 amide bonds. The first kappa shape index (κ1) is 14.2. The van der Waals surface area contributed by atoms with Crippen molar-refractivity contribution in [3.63, 3.8) is 0 Å². The van der Waals surface area contributed by atoms with Gasteiger partial charge in [-0.2, -0.15) is 0 Å². The summed E-state index contributed by atoms with van der Waals surface area (Å²) in [7, 11) is 1.50. The van der Waals surface area contributed by atoms with Crippen LogP contribution in [0, 0.1) is 0 Å². The third kappa shape index (κ3) is 3.20. The molecule has 1 saturated heterocycles. The molecule has 0 radical (unpaired) electrons. The van der Waals surface area contributed by atoms with Gasteiger partial charge in [0.2, 0.25) is 0 Å². The van der Waals surface area contributed by atoms with Gasteiger partial charge in [0.25, 0.3) is 5.91 Å². The summed E-state index contributed by atoms with van der Waals surface area (Å²) in [6, 6.07) is 4.64. The van der Waals surface area contributed by atoms with E-state index in [4.69, 9.17) is 15.2 Å². The lowest BCUT2D eigenvalue weighted by Crippen LogP contribution is -2.36. The average Bonchev–Trinajstić information content (AvgIpc) is 2.64. The van der Waals surface area contributed by atoms with Crippen LogP contribution >= 0.6 is 0 Å². The molecule has 0 bridgehead atoms. The second-order valence-electron chi connectivity index (χ2n) is 4.64. The first-order valence-electron chi connectivity index (χ1n) is 6.54. The number of nitrogen functional groups attached to an aromatic ring is 1. The molecule has 1 fully saturated rings. The van der Waals surface area contributed by atoms with Crippen LogP contribution in [0.4, 0.5) is 5.69 Å². The van der Waals surface area contributed by atoms with Crippen molar-refractivity contribution >= 4 is 17.6 Å². The lowest BCUT2D eigenvalue weighted by molar-refractivity contribution is -0.129. The van der Waals surface area contributed by atoms with Crippen molar-refractivity contribution in [1.82, 2.24) is 5.32 Å². The zero-order valence-electron chi connectivity index (χ0n) is 11.3. The van der Waals surface area contributed by atoms with Gasteiger partial charge in [0.1, 0.15) is 5.75 Å². The van der Waals surface area contributed by atoms with Crippen LogP contribution < -0.4 is 15.8 Å². The Bertz CT molecular complexity index is 516. The van der Waals surface area contributed by atoms with Gasteiger partial charge in [-0.25, -0.2) is 4.79 Å². The van der Waals surface area contributed by atoms with E-state index >= 15 is 0 Å². The number of methoxy groups -OCH3 is 1. The van der Waals surface area contributed by atoms with Gasteiger partial charge in [-0.15, -0.1) is 0 Å². The molecular weight excluding hydrogens is 260 g/mol. The van der Waals surface area contributed by atoms with Gasteiger partial charge in [-0.3, -0.25) is 4.79 Å². The monoisotopic (exact) mass is 278 g/mol. The SMILES string of the molecule is COc1ccc(C(=O)OC2CCCCNC2=O)cc1N. The molecule has 1 aromatic rings. The van der Waals surface area contributed by atoms with Gasteiger partial charge in [0, 0.05) is 6.54 Å². The highest BCUT2D eigenvalue weighted by molar-refractivity contribution is 5.93. The quantitative estimate of drug-likeness (QED) is 0.638. The molecule has 20 heavy (non-hydrogen) atoms. The molecule has 0 saturated carbocycles. The molecule has 0 aromatic heterocycles. The normalized spacial score (nSPS) is 18.9. The lowest BCUT2D eigenvalue weighted by Gasteiger charge is -2.14. The van der Waals surface area contributed by atoms with Crippen molar-refractivity contribution in [3.05, 3.63) is 23.8 Å². The Balaban J connectivity index is 2.07. The summed E-state index contributed by atoms with van der Waals surface area (Å²) in [5.74, 6) is -0.299. The second kappa shape index (κ2) is 6.27. The van der Waals surface area contributed by atoms with E-state index in [0.29, 0.717) is 30.0 Å². The van der Waals surface area contributed by atoms with Crippen LogP contribution in [0.5, 0.6) is 5.75 Å². The maximum Gasteiger partial charge on any atom is 0.338 e. The topological polar surface area (TPSA) is 90.6 Å². The molecule has 1 aliphatic rings. The highest BCUT2D eigenvalue weighted by atomic mass is 16.5. The van der Waals surface area contributed by atoms with E-state index in [1.165, 1.54) is 13.2 Å². The van der Waals surface area contributed by atoms with Gasteiger partial charge in [0.05, 0.1) is 18.4 Å². The smallest absolute Gasteiger partial charge is 0.338 e. The van der Waals surface area contributed by atoms with Crippen LogP contribution in [0.3, 0.4) is 0 Å². The zero-order chi connectivity index (χ0) is 14.5. The summed E-state index contributed by atoms with van der Waals surface area (Å²) in [6.45, 7) is 0.627. The molecule has 1 aromatic carbocycles. The third-order valence-corrected chi connectivity index (χ3v) is 3.20. The van der Waals surface area contributed by atoms with Crippen LogP contribution in [0.25, 0.3) is 0 Å². The van der Waals surface area contributed by atoms with Crippen LogP contribution in [0.15, 0.2) is 18.2 Å². The Labute approximate surface area is 117 Å². The Morgan fingerprint density at radius 1 is 1.40 bits per heavy atom. The number of amides is 1. The van der Waals surface area contributed by atoms with E-state index in [9.17, 15) is 9.59 Å². The summed E-state index contributed by atoms with van der Waals surface area (Å²) in [4.78, 5) is 23.7. The Hall–Kier alpha value is -2.24. The number of hydrogen-bond acceptors (Lipinski definition) is 5. The number of rotatable bonds is 3. The summed E-state index contributed by atoms with van der Waals surface area (Å²) in [5, 5.41) is 2.72.